The van der Waals surface area contributed by atoms with Gasteiger partial charge in [0.1, 0.15) is 82.2 Å². The lowest BCUT2D eigenvalue weighted by Gasteiger charge is -2.28. The minimum absolute atomic E-state index is 0.00305. The van der Waals surface area contributed by atoms with Crippen molar-refractivity contribution in [1.29, 1.82) is 0 Å². The molecule has 0 saturated heterocycles. The zero-order valence-electron chi connectivity index (χ0n) is 49.7. The number of hydrogen-bond acceptors (Lipinski definition) is 23. The van der Waals surface area contributed by atoms with E-state index in [0.717, 1.165) is 34.0 Å². The molecule has 0 unspecified atom stereocenters. The molecule has 8 aromatic rings. The number of aliphatic carboxylic acids is 2. The van der Waals surface area contributed by atoms with Gasteiger partial charge in [-0.05, 0) is 68.6 Å². The number of aromatic nitrogens is 7. The van der Waals surface area contributed by atoms with E-state index in [2.05, 4.69) is 26.6 Å². The summed E-state index contributed by atoms with van der Waals surface area (Å²) in [5, 5.41) is 54.1. The second kappa shape index (κ2) is 29.4. The van der Waals surface area contributed by atoms with Crippen LogP contribution in [0, 0.1) is 24.7 Å². The summed E-state index contributed by atoms with van der Waals surface area (Å²) in [6, 6.07) is 9.33. The third-order valence-corrected chi connectivity index (χ3v) is 21.0. The van der Waals surface area contributed by atoms with Gasteiger partial charge in [-0.1, -0.05) is 44.2 Å². The number of pyridine rings is 1. The number of aliphatic hydroxyl groups is 1. The molecule has 1 saturated carbocycles. The predicted molar refractivity (Wildman–Crippen MR) is 344 cm³/mol. The summed E-state index contributed by atoms with van der Waals surface area (Å²) in [4.78, 5) is 144. The van der Waals surface area contributed by atoms with Crippen molar-refractivity contribution in [1.82, 2.24) is 61.5 Å². The van der Waals surface area contributed by atoms with Crippen molar-refractivity contribution in [3.05, 3.63) is 111 Å². The number of fused-ring (bicyclic) bond motifs is 14. The van der Waals surface area contributed by atoms with Crippen molar-refractivity contribution in [3.63, 3.8) is 0 Å². The minimum atomic E-state index is -1.30. The topological polar surface area (TPSA) is 360 Å². The fourth-order valence-corrected chi connectivity index (χ4v) is 16.0. The van der Waals surface area contributed by atoms with Crippen LogP contribution >= 0.6 is 68.0 Å². The van der Waals surface area contributed by atoms with Crippen molar-refractivity contribution < 1.29 is 58.4 Å². The van der Waals surface area contributed by atoms with Gasteiger partial charge in [-0.15, -0.1) is 68.0 Å². The summed E-state index contributed by atoms with van der Waals surface area (Å²) in [5.74, 6) is -5.58. The fraction of sp³-hybridized carbons (Fsp3) is 0.383. The SMILES string of the molecule is CNC(=O)C[C@@H]1NC(=O)c2csc(n2)-c2ccc(-c3nc(N(CCCC(=O)O)C(=O)C[C@H]4CC[C@H](C(=O)O)CC4)cs3)nc2-c2csc(n2)-c2csc(n2)[C@H]([C@@H](O)c2ccccc2)NC(=O)CNC(=O)c2nc(sc2COC)[C@H](C(C)C)NC(=O)c2nc1sc2C. The zero-order valence-corrected chi connectivity index (χ0v) is 54.6. The summed E-state index contributed by atoms with van der Waals surface area (Å²) < 4.78 is 5.46. The highest BCUT2D eigenvalue weighted by atomic mass is 32.1. The van der Waals surface area contributed by atoms with Gasteiger partial charge in [-0.2, -0.15) is 0 Å². The molecule has 1 aliphatic heterocycles. The predicted octanol–water partition coefficient (Wildman–Crippen LogP) is 8.79. The van der Waals surface area contributed by atoms with E-state index in [1.54, 1.807) is 70.9 Å². The Morgan fingerprint density at radius 1 is 0.692 bits per heavy atom. The smallest absolute Gasteiger partial charge is 0.306 e. The van der Waals surface area contributed by atoms with Gasteiger partial charge in [0.25, 0.3) is 17.7 Å². The quantitative estimate of drug-likeness (QED) is 0.0448. The molecule has 10 bridgehead atoms. The lowest BCUT2D eigenvalue weighted by atomic mass is 9.80. The number of benzene rings is 1. The molecule has 7 aromatic heterocycles. The third-order valence-electron chi connectivity index (χ3n) is 15.2. The normalized spacial score (nSPS) is 18.5. The van der Waals surface area contributed by atoms with Crippen LogP contribution in [0.25, 0.3) is 43.4 Å². The van der Waals surface area contributed by atoms with Gasteiger partial charge < -0.3 is 46.6 Å². The number of hydrogen-bond donors (Lipinski definition) is 8. The van der Waals surface area contributed by atoms with Crippen molar-refractivity contribution in [2.45, 2.75) is 103 Å². The van der Waals surface area contributed by atoms with Crippen LogP contribution < -0.4 is 31.5 Å². The summed E-state index contributed by atoms with van der Waals surface area (Å²) >= 11 is 7.06. The molecule has 4 atom stereocenters. The van der Waals surface area contributed by atoms with E-state index >= 15 is 0 Å². The maximum absolute atomic E-state index is 14.4. The summed E-state index contributed by atoms with van der Waals surface area (Å²) in [5.41, 5.74) is 2.43. The summed E-state index contributed by atoms with van der Waals surface area (Å²) in [7, 11) is 2.92. The first-order valence-electron chi connectivity index (χ1n) is 28.9. The molecule has 91 heavy (non-hydrogen) atoms. The fourth-order valence-electron chi connectivity index (χ4n) is 10.4. The van der Waals surface area contributed by atoms with Crippen LogP contribution in [-0.2, 0) is 35.3 Å². The Bertz CT molecular complexity index is 4000. The number of methoxy groups -OCH3 is 1. The number of thiazole rings is 6. The molecule has 1 aliphatic carbocycles. The van der Waals surface area contributed by atoms with Gasteiger partial charge in [0.2, 0.25) is 17.7 Å². The van der Waals surface area contributed by atoms with Crippen molar-refractivity contribution >= 4 is 121 Å². The van der Waals surface area contributed by atoms with E-state index < -0.39 is 78.2 Å². The van der Waals surface area contributed by atoms with Crippen LogP contribution in [0.5, 0.6) is 0 Å². The highest BCUT2D eigenvalue weighted by molar-refractivity contribution is 7.15. The number of nitrogens with one attached hydrogen (secondary N) is 5. The van der Waals surface area contributed by atoms with E-state index in [9.17, 15) is 53.7 Å². The number of nitrogens with zero attached hydrogens (tertiary/aromatic N) is 8. The van der Waals surface area contributed by atoms with Crippen LogP contribution in [0.15, 0.2) is 64.0 Å². The Kier molecular flexibility index (Phi) is 21.3. The first kappa shape index (κ1) is 65.8. The second-order valence-electron chi connectivity index (χ2n) is 21.9. The van der Waals surface area contributed by atoms with Gasteiger partial charge >= 0.3 is 11.9 Å². The molecule has 1 fully saturated rings. The van der Waals surface area contributed by atoms with E-state index in [1.807, 2.05) is 13.8 Å². The highest BCUT2D eigenvalue weighted by Gasteiger charge is 2.34. The number of aliphatic hydroxyl groups excluding tert-OH is 1. The molecule has 25 nitrogen and oxygen atoms in total. The van der Waals surface area contributed by atoms with Crippen molar-refractivity contribution in [2.75, 3.05) is 32.1 Å². The number of aryl methyl sites for hydroxylation is 1. The molecule has 8 N–H and O–H groups in total. The molecule has 2 aliphatic rings. The van der Waals surface area contributed by atoms with Gasteiger partial charge in [0.05, 0.1) is 48.1 Å². The largest absolute Gasteiger partial charge is 0.481 e. The Balaban J connectivity index is 1.04. The first-order valence-corrected chi connectivity index (χ1v) is 34.1. The van der Waals surface area contributed by atoms with E-state index in [4.69, 9.17) is 39.6 Å². The average molecular weight is 1350 g/mol. The molecule has 0 radical (unpaired) electrons. The van der Waals surface area contributed by atoms with E-state index in [-0.39, 0.29) is 78.7 Å². The summed E-state index contributed by atoms with van der Waals surface area (Å²) in [6.45, 7) is 4.98. The van der Waals surface area contributed by atoms with Gasteiger partial charge in [-0.25, -0.2) is 34.9 Å². The minimum Gasteiger partial charge on any atom is -0.481 e. The van der Waals surface area contributed by atoms with Crippen LogP contribution in [0.1, 0.15) is 151 Å². The lowest BCUT2D eigenvalue weighted by molar-refractivity contribution is -0.143. The maximum atomic E-state index is 14.4. The Labute approximate surface area is 545 Å². The average Bonchev–Trinajstić information content (AvgIpc) is 1.75. The molecule has 1 aromatic carbocycles. The molecule has 10 rings (SSSR count). The number of carboxylic acid groups (broad SMARTS) is 2. The Morgan fingerprint density at radius 3 is 2.12 bits per heavy atom. The molecular formula is C60H63N13O12S6. The monoisotopic (exact) mass is 1350 g/mol. The van der Waals surface area contributed by atoms with Crippen molar-refractivity contribution in [3.8, 4) is 43.4 Å². The van der Waals surface area contributed by atoms with Gasteiger partial charge in [0, 0.05) is 65.5 Å². The highest BCUT2D eigenvalue weighted by Crippen LogP contribution is 2.41. The van der Waals surface area contributed by atoms with Crippen LogP contribution in [0.3, 0.4) is 0 Å². The molecule has 8 heterocycles. The third kappa shape index (κ3) is 15.6. The van der Waals surface area contributed by atoms with Crippen molar-refractivity contribution in [2.24, 2.45) is 17.8 Å². The van der Waals surface area contributed by atoms with Gasteiger partial charge in [-0.3, -0.25) is 43.3 Å². The van der Waals surface area contributed by atoms with E-state index in [0.29, 0.717) is 100 Å². The molecule has 31 heteroatoms. The number of ether oxygens (including phenoxy) is 1. The Hall–Kier alpha value is -8.17. The second-order valence-corrected chi connectivity index (χ2v) is 27.8. The molecule has 6 amide bonds. The van der Waals surface area contributed by atoms with E-state index in [1.165, 1.54) is 53.1 Å². The maximum Gasteiger partial charge on any atom is 0.306 e. The van der Waals surface area contributed by atoms with Crippen LogP contribution in [0.4, 0.5) is 5.82 Å². The molecular weight excluding hydrogens is 1290 g/mol. The Morgan fingerprint density at radius 2 is 1.40 bits per heavy atom. The number of anilines is 1. The van der Waals surface area contributed by atoms with Crippen LogP contribution in [-0.4, -0.2) is 125 Å². The number of amides is 6. The zero-order chi connectivity index (χ0) is 64.6. The first-order chi connectivity index (χ1) is 43.7. The van der Waals surface area contributed by atoms with Crippen LogP contribution in [0.2, 0.25) is 0 Å². The standard InChI is InChI=1S/C60H63N13O12S6/c1-28(2)45-59-72-48(39(91-59)23-85-5)52(81)62-22-42(75)69-49(50(79)31-10-7-6-8-11-31)58-67-38(26-88-58)56-65-36(24-87-56)47-33(54-66-37(25-86-54)51(80)64-35(21-41(74)61-4)57-71-46(29(3)90-57)53(82)70-45)17-18-34(63-47)55-68-40(27-89-55)73(19-9-12-44(77)78)43(76)20-30-13-15-32(16-14-30)60(83)84/h6-8,10-11,17-18,24-28,30,32,35,45,49-50,79H,9,12-16,19-23H2,1-5H3,(H,61,74)(H,62,81)(H,64,80)(H,69,75)(H,70,82)(H,77,78)(H,83,84)/t30-,32-,35-,45-,49-,50-/m0/s1. The molecule has 476 valence electrons. The molecule has 0 spiro atoms. The number of carboxylic acids is 2. The lowest BCUT2D eigenvalue weighted by Crippen LogP contribution is -2.40. The summed E-state index contributed by atoms with van der Waals surface area (Å²) in [6.07, 6.45) is 0.615. The van der Waals surface area contributed by atoms with Gasteiger partial charge in [0.15, 0.2) is 0 Å². The number of rotatable bonds is 16. The number of carbonyl (C=O) groups excluding carboxylic acids is 6. The number of carbonyl (C=O) groups is 8.